The average Bonchev–Trinajstić information content (AvgIpc) is 3.27. The molecule has 5 aliphatic rings. The molecule has 5 saturated carbocycles. The van der Waals surface area contributed by atoms with E-state index in [0.717, 1.165) is 51.4 Å². The van der Waals surface area contributed by atoms with Gasteiger partial charge < -0.3 is 14.9 Å². The van der Waals surface area contributed by atoms with Gasteiger partial charge in [-0.2, -0.15) is 0 Å². The van der Waals surface area contributed by atoms with Crippen molar-refractivity contribution in [1.29, 1.82) is 0 Å². The minimum Gasteiger partial charge on any atom is -0.495 e. The van der Waals surface area contributed by atoms with E-state index in [-0.39, 0.29) is 33.7 Å². The lowest BCUT2D eigenvalue weighted by atomic mass is 9.32. The lowest BCUT2D eigenvalue weighted by Gasteiger charge is -2.72. The van der Waals surface area contributed by atoms with Crippen LogP contribution in [0, 0.1) is 62.1 Å². The molecule has 0 aromatic carbocycles. The maximum absolute atomic E-state index is 12.9. The highest BCUT2D eigenvalue weighted by molar-refractivity contribution is 5.76. The normalized spacial score (nSPS) is 45.9. The van der Waals surface area contributed by atoms with Crippen LogP contribution in [0.4, 0.5) is 0 Å². The molecule has 236 valence electrons. The largest absolute Gasteiger partial charge is 0.495 e. The quantitative estimate of drug-likeness (QED) is 0.231. The first kappa shape index (κ1) is 31.6. The summed E-state index contributed by atoms with van der Waals surface area (Å²) in [6.45, 7) is 26.6. The van der Waals surface area contributed by atoms with Gasteiger partial charge in [0.2, 0.25) is 0 Å². The van der Waals surface area contributed by atoms with Gasteiger partial charge in [0.05, 0.1) is 16.6 Å². The number of carboxylic acid groups (broad SMARTS) is 2. The molecule has 0 aliphatic heterocycles. The van der Waals surface area contributed by atoms with Gasteiger partial charge in [-0.15, -0.1) is 0 Å². The summed E-state index contributed by atoms with van der Waals surface area (Å²) >= 11 is 0. The van der Waals surface area contributed by atoms with Gasteiger partial charge in [-0.05, 0) is 131 Å². The molecular weight excluding hydrogens is 524 g/mol. The standard InChI is InChI=1S/C37H58O5/c1-22(2)24-13-18-37(31(40)41)20-19-35(9)25(29(24)37)11-12-27-34(8)16-15-28(42-23(3)21-32(4,5)30(38)39)33(6,7)26(34)14-17-36(27,35)10/h24-29H,1,3,11-21H2,2,4-10H3,(H,38,39)(H,40,41)/t24-,25+,26-,27+,28-,29+,34-,35+,36+,37-/m0/s1. The second-order valence-corrected chi connectivity index (χ2v) is 17.5. The van der Waals surface area contributed by atoms with E-state index >= 15 is 0 Å². The molecule has 42 heavy (non-hydrogen) atoms. The molecule has 5 rings (SSSR count). The van der Waals surface area contributed by atoms with Gasteiger partial charge in [-0.3, -0.25) is 9.59 Å². The zero-order valence-electron chi connectivity index (χ0n) is 27.8. The second-order valence-electron chi connectivity index (χ2n) is 17.5. The van der Waals surface area contributed by atoms with Crippen molar-refractivity contribution >= 4 is 11.9 Å². The highest BCUT2D eigenvalue weighted by Gasteiger charge is 2.72. The number of carboxylic acids is 2. The summed E-state index contributed by atoms with van der Waals surface area (Å²) in [5.74, 6) is 1.27. The number of carbonyl (C=O) groups is 2. The highest BCUT2D eigenvalue weighted by atomic mass is 16.5. The summed E-state index contributed by atoms with van der Waals surface area (Å²) in [6.07, 6.45) is 10.7. The molecule has 0 saturated heterocycles. The van der Waals surface area contributed by atoms with Gasteiger partial charge in [-0.1, -0.05) is 53.3 Å². The van der Waals surface area contributed by atoms with Crippen LogP contribution in [0.15, 0.2) is 24.5 Å². The van der Waals surface area contributed by atoms with E-state index in [0.29, 0.717) is 35.9 Å². The fourth-order valence-corrected chi connectivity index (χ4v) is 12.5. The van der Waals surface area contributed by atoms with Crippen molar-refractivity contribution in [3.63, 3.8) is 0 Å². The third-order valence-electron chi connectivity index (χ3n) is 15.0. The Labute approximate surface area is 254 Å². The highest BCUT2D eigenvalue weighted by Crippen LogP contribution is 2.77. The maximum atomic E-state index is 12.9. The Morgan fingerprint density at radius 3 is 2.10 bits per heavy atom. The van der Waals surface area contributed by atoms with Gasteiger partial charge in [0.15, 0.2) is 0 Å². The molecule has 0 aromatic heterocycles. The maximum Gasteiger partial charge on any atom is 0.309 e. The van der Waals surface area contributed by atoms with E-state index < -0.39 is 22.8 Å². The Kier molecular flexibility index (Phi) is 7.43. The molecule has 2 N–H and O–H groups in total. The van der Waals surface area contributed by atoms with Crippen LogP contribution in [-0.4, -0.2) is 28.3 Å². The van der Waals surface area contributed by atoms with Gasteiger partial charge in [-0.25, -0.2) is 0 Å². The lowest BCUT2D eigenvalue weighted by Crippen LogP contribution is -2.67. The van der Waals surface area contributed by atoms with E-state index in [1.54, 1.807) is 13.8 Å². The predicted molar refractivity (Wildman–Crippen MR) is 167 cm³/mol. The van der Waals surface area contributed by atoms with E-state index in [9.17, 15) is 19.8 Å². The minimum absolute atomic E-state index is 0.0321. The van der Waals surface area contributed by atoms with Gasteiger partial charge in [0.1, 0.15) is 6.10 Å². The van der Waals surface area contributed by atoms with Crippen LogP contribution in [0.3, 0.4) is 0 Å². The molecule has 10 atom stereocenters. The van der Waals surface area contributed by atoms with Crippen LogP contribution in [0.1, 0.15) is 126 Å². The van der Waals surface area contributed by atoms with Crippen LogP contribution < -0.4 is 0 Å². The average molecular weight is 583 g/mol. The zero-order valence-corrected chi connectivity index (χ0v) is 27.8. The first-order valence-electron chi connectivity index (χ1n) is 16.7. The number of ether oxygens (including phenoxy) is 1. The first-order chi connectivity index (χ1) is 19.3. The molecule has 5 aliphatic carbocycles. The van der Waals surface area contributed by atoms with Crippen LogP contribution in [0.25, 0.3) is 0 Å². The Balaban J connectivity index is 1.42. The fraction of sp³-hybridized carbons (Fsp3) is 0.838. The Hall–Kier alpha value is -1.78. The molecule has 0 radical (unpaired) electrons. The molecule has 5 nitrogen and oxygen atoms in total. The molecule has 5 fully saturated rings. The summed E-state index contributed by atoms with van der Waals surface area (Å²) in [5.41, 5.74) is 0.149. The predicted octanol–water partition coefficient (Wildman–Crippen LogP) is 9.13. The van der Waals surface area contributed by atoms with Crippen molar-refractivity contribution in [2.75, 3.05) is 0 Å². The smallest absolute Gasteiger partial charge is 0.309 e. The van der Waals surface area contributed by atoms with Crippen molar-refractivity contribution in [3.05, 3.63) is 24.5 Å². The molecule has 0 heterocycles. The Morgan fingerprint density at radius 2 is 1.50 bits per heavy atom. The molecule has 0 spiro atoms. The molecular formula is C37H58O5. The topological polar surface area (TPSA) is 83.8 Å². The zero-order chi connectivity index (χ0) is 31.3. The summed E-state index contributed by atoms with van der Waals surface area (Å²) in [4.78, 5) is 24.6. The summed E-state index contributed by atoms with van der Waals surface area (Å²) in [7, 11) is 0. The monoisotopic (exact) mass is 582 g/mol. The first-order valence-corrected chi connectivity index (χ1v) is 16.7. The van der Waals surface area contributed by atoms with Crippen molar-refractivity contribution in [1.82, 2.24) is 0 Å². The van der Waals surface area contributed by atoms with E-state index in [2.05, 4.69) is 54.7 Å². The summed E-state index contributed by atoms with van der Waals surface area (Å²) < 4.78 is 6.55. The SMILES string of the molecule is C=C(CC(C)(C)C(=O)O)O[C@H]1CC[C@]2(C)[C@H]3CC[C@@H]4[C@H]5[C@H](C(=C)C)CC[C@]5(C(=O)O)CC[C@@]4(C)[C@]3(C)CC[C@H]2C1(C)C. The molecule has 0 unspecified atom stereocenters. The van der Waals surface area contributed by atoms with Gasteiger partial charge in [0, 0.05) is 11.8 Å². The Bertz CT molecular complexity index is 1170. The van der Waals surface area contributed by atoms with Gasteiger partial charge >= 0.3 is 11.9 Å². The van der Waals surface area contributed by atoms with Crippen molar-refractivity contribution in [2.45, 2.75) is 132 Å². The minimum atomic E-state index is -0.897. The molecule has 0 amide bonds. The Morgan fingerprint density at radius 1 is 0.833 bits per heavy atom. The van der Waals surface area contributed by atoms with E-state index in [1.807, 2.05) is 0 Å². The summed E-state index contributed by atoms with van der Waals surface area (Å²) in [6, 6.07) is 0. The van der Waals surface area contributed by atoms with Crippen LogP contribution in [0.2, 0.25) is 0 Å². The molecule has 0 bridgehead atoms. The lowest BCUT2D eigenvalue weighted by molar-refractivity contribution is -0.249. The van der Waals surface area contributed by atoms with Crippen LogP contribution >= 0.6 is 0 Å². The van der Waals surface area contributed by atoms with Crippen molar-refractivity contribution in [3.8, 4) is 0 Å². The van der Waals surface area contributed by atoms with Crippen LogP contribution in [-0.2, 0) is 14.3 Å². The number of rotatable bonds is 7. The molecule has 0 aromatic rings. The third kappa shape index (κ3) is 4.20. The van der Waals surface area contributed by atoms with Gasteiger partial charge in [0.25, 0.3) is 0 Å². The number of fused-ring (bicyclic) bond motifs is 7. The van der Waals surface area contributed by atoms with E-state index in [1.165, 1.54) is 18.4 Å². The summed E-state index contributed by atoms with van der Waals surface area (Å²) in [5, 5.41) is 20.2. The molecule has 5 heteroatoms. The van der Waals surface area contributed by atoms with Crippen molar-refractivity contribution < 1.29 is 24.5 Å². The number of aliphatic carboxylic acids is 2. The number of allylic oxidation sites excluding steroid dienone is 2. The number of hydrogen-bond acceptors (Lipinski definition) is 3. The third-order valence-corrected chi connectivity index (χ3v) is 15.0. The number of hydrogen-bond donors (Lipinski definition) is 2. The van der Waals surface area contributed by atoms with Crippen LogP contribution in [0.5, 0.6) is 0 Å². The fourth-order valence-electron chi connectivity index (χ4n) is 12.5. The van der Waals surface area contributed by atoms with E-state index in [4.69, 9.17) is 4.74 Å². The van der Waals surface area contributed by atoms with Crippen molar-refractivity contribution in [2.24, 2.45) is 62.1 Å². The second kappa shape index (κ2) is 9.86.